The van der Waals surface area contributed by atoms with E-state index >= 15 is 0 Å². The number of carbonyl (C=O) groups is 1. The second kappa shape index (κ2) is 4.76. The number of carbonyl (C=O) groups excluding carboxylic acids is 1. The van der Waals surface area contributed by atoms with Gasteiger partial charge in [-0.2, -0.15) is 0 Å². The molecule has 0 aliphatic rings. The lowest BCUT2D eigenvalue weighted by Gasteiger charge is -2.22. The van der Waals surface area contributed by atoms with Crippen LogP contribution in [0.4, 0.5) is 0 Å². The quantitative estimate of drug-likeness (QED) is 0.863. The van der Waals surface area contributed by atoms with Crippen molar-refractivity contribution < 1.29 is 9.21 Å². The molecule has 1 rings (SSSR count). The molecule has 4 nitrogen and oxygen atoms in total. The predicted molar refractivity (Wildman–Crippen MR) is 64.7 cm³/mol. The van der Waals surface area contributed by atoms with Crippen LogP contribution in [-0.2, 0) is 0 Å². The van der Waals surface area contributed by atoms with E-state index in [0.717, 1.165) is 0 Å². The van der Waals surface area contributed by atoms with Crippen LogP contribution in [-0.4, -0.2) is 28.9 Å². The van der Waals surface area contributed by atoms with E-state index in [0.29, 0.717) is 4.67 Å². The third kappa shape index (κ3) is 2.79. The molecule has 0 saturated carbocycles. The maximum atomic E-state index is 11.8. The number of likely N-dealkylation sites (N-methyl/N-ethyl adjacent to an activating group) is 1. The number of halogens is 1. The first kappa shape index (κ1) is 12.2. The van der Waals surface area contributed by atoms with Crippen LogP contribution < -0.4 is 5.73 Å². The zero-order valence-corrected chi connectivity index (χ0v) is 10.8. The molecule has 0 saturated heterocycles. The van der Waals surface area contributed by atoms with Gasteiger partial charge >= 0.3 is 0 Å². The van der Waals surface area contributed by atoms with E-state index in [1.165, 1.54) is 4.90 Å². The Morgan fingerprint density at radius 1 is 1.67 bits per heavy atom. The van der Waals surface area contributed by atoms with Crippen LogP contribution >= 0.6 is 28.1 Å². The molecule has 1 aromatic rings. The standard InChI is InChI=1S/C9H11BrN2O2S/c1-5(8(11)15)12(2)9(13)6-3-4-7(10)14-6/h3-5H,1-2H3,(H2,11,15). The summed E-state index contributed by atoms with van der Waals surface area (Å²) in [5, 5.41) is 0. The maximum Gasteiger partial charge on any atom is 0.289 e. The fraction of sp³-hybridized carbons (Fsp3) is 0.333. The van der Waals surface area contributed by atoms with Crippen molar-refractivity contribution in [2.45, 2.75) is 13.0 Å². The Morgan fingerprint density at radius 3 is 2.67 bits per heavy atom. The number of furan rings is 1. The minimum Gasteiger partial charge on any atom is -0.444 e. The van der Waals surface area contributed by atoms with Crippen molar-refractivity contribution in [3.05, 3.63) is 22.6 Å². The van der Waals surface area contributed by atoms with Crippen LogP contribution in [0.2, 0.25) is 0 Å². The van der Waals surface area contributed by atoms with Crippen molar-refractivity contribution in [3.63, 3.8) is 0 Å². The third-order valence-electron chi connectivity index (χ3n) is 2.10. The lowest BCUT2D eigenvalue weighted by molar-refractivity contribution is 0.0746. The number of nitrogens with two attached hydrogens (primary N) is 1. The number of hydrogen-bond acceptors (Lipinski definition) is 3. The van der Waals surface area contributed by atoms with Crippen LogP contribution in [0, 0.1) is 0 Å². The Bertz CT molecular complexity index is 391. The summed E-state index contributed by atoms with van der Waals surface area (Å²) in [6, 6.07) is 2.96. The molecular formula is C9H11BrN2O2S. The Hall–Kier alpha value is -0.880. The van der Waals surface area contributed by atoms with Crippen LogP contribution in [0.25, 0.3) is 0 Å². The highest BCUT2D eigenvalue weighted by Gasteiger charge is 2.21. The highest BCUT2D eigenvalue weighted by Crippen LogP contribution is 2.16. The summed E-state index contributed by atoms with van der Waals surface area (Å²) in [5.74, 6) is 0.00785. The molecule has 0 bridgehead atoms. The van der Waals surface area contributed by atoms with Crippen molar-refractivity contribution in [3.8, 4) is 0 Å². The van der Waals surface area contributed by atoms with Crippen LogP contribution in [0.5, 0.6) is 0 Å². The Balaban J connectivity index is 2.81. The molecule has 1 aromatic heterocycles. The summed E-state index contributed by atoms with van der Waals surface area (Å²) in [6.07, 6.45) is 0. The van der Waals surface area contributed by atoms with Gasteiger partial charge in [-0.1, -0.05) is 12.2 Å². The van der Waals surface area contributed by atoms with Gasteiger partial charge in [0.05, 0.1) is 11.0 Å². The summed E-state index contributed by atoms with van der Waals surface area (Å²) in [4.78, 5) is 13.5. The highest BCUT2D eigenvalue weighted by molar-refractivity contribution is 9.10. The third-order valence-corrected chi connectivity index (χ3v) is 2.86. The maximum absolute atomic E-state index is 11.8. The first-order chi connectivity index (χ1) is 6.93. The average molecular weight is 291 g/mol. The summed E-state index contributed by atoms with van der Waals surface area (Å²) < 4.78 is 5.65. The molecular weight excluding hydrogens is 280 g/mol. The predicted octanol–water partition coefficient (Wildman–Crippen LogP) is 1.79. The molecule has 82 valence electrons. The van der Waals surface area contributed by atoms with E-state index in [9.17, 15) is 4.79 Å². The Morgan fingerprint density at radius 2 is 2.27 bits per heavy atom. The lowest BCUT2D eigenvalue weighted by atomic mass is 10.3. The van der Waals surface area contributed by atoms with E-state index in [4.69, 9.17) is 22.4 Å². The molecule has 1 heterocycles. The summed E-state index contributed by atoms with van der Waals surface area (Å²) in [5.41, 5.74) is 5.46. The van der Waals surface area contributed by atoms with Crippen LogP contribution in [0.3, 0.4) is 0 Å². The number of nitrogens with zero attached hydrogens (tertiary/aromatic N) is 1. The SMILES string of the molecule is CC(C(N)=S)N(C)C(=O)c1ccc(Br)o1. The van der Waals surface area contributed by atoms with Gasteiger partial charge in [0.1, 0.15) is 0 Å². The molecule has 0 radical (unpaired) electrons. The second-order valence-electron chi connectivity index (χ2n) is 3.10. The zero-order chi connectivity index (χ0) is 11.6. The smallest absolute Gasteiger partial charge is 0.289 e. The molecule has 0 spiro atoms. The first-order valence-electron chi connectivity index (χ1n) is 4.25. The van der Waals surface area contributed by atoms with Gasteiger partial charge in [-0.05, 0) is 35.0 Å². The monoisotopic (exact) mass is 290 g/mol. The minimum absolute atomic E-state index is 0.249. The summed E-state index contributed by atoms with van der Waals surface area (Å²) in [6.45, 7) is 1.76. The first-order valence-corrected chi connectivity index (χ1v) is 5.45. The van der Waals surface area contributed by atoms with Gasteiger partial charge in [-0.25, -0.2) is 0 Å². The molecule has 1 atom stereocenters. The van der Waals surface area contributed by atoms with Gasteiger partial charge in [0.2, 0.25) is 0 Å². The number of thiocarbonyl (C=S) groups is 1. The van der Waals surface area contributed by atoms with E-state index in [-0.39, 0.29) is 22.7 Å². The number of rotatable bonds is 3. The van der Waals surface area contributed by atoms with Crippen molar-refractivity contribution in [2.75, 3.05) is 7.05 Å². The van der Waals surface area contributed by atoms with E-state index in [1.54, 1.807) is 26.1 Å². The molecule has 0 fully saturated rings. The van der Waals surface area contributed by atoms with Gasteiger partial charge in [-0.3, -0.25) is 4.79 Å². The lowest BCUT2D eigenvalue weighted by Crippen LogP contribution is -2.42. The number of amides is 1. The highest BCUT2D eigenvalue weighted by atomic mass is 79.9. The van der Waals surface area contributed by atoms with Gasteiger partial charge in [0.15, 0.2) is 10.4 Å². The number of hydrogen-bond donors (Lipinski definition) is 1. The fourth-order valence-electron chi connectivity index (χ4n) is 0.970. The summed E-state index contributed by atoms with van der Waals surface area (Å²) >= 11 is 7.94. The summed E-state index contributed by atoms with van der Waals surface area (Å²) in [7, 11) is 1.63. The average Bonchev–Trinajstić information content (AvgIpc) is 2.61. The van der Waals surface area contributed by atoms with Gasteiger partial charge < -0.3 is 15.1 Å². The topological polar surface area (TPSA) is 59.5 Å². The Kier molecular flexibility index (Phi) is 3.87. The van der Waals surface area contributed by atoms with E-state index in [1.807, 2.05) is 0 Å². The van der Waals surface area contributed by atoms with Gasteiger partial charge in [-0.15, -0.1) is 0 Å². The van der Waals surface area contributed by atoms with Crippen LogP contribution in [0.15, 0.2) is 21.2 Å². The largest absolute Gasteiger partial charge is 0.444 e. The second-order valence-corrected chi connectivity index (χ2v) is 4.35. The molecule has 6 heteroatoms. The van der Waals surface area contributed by atoms with E-state index < -0.39 is 0 Å². The fourth-order valence-corrected chi connectivity index (χ4v) is 1.43. The van der Waals surface area contributed by atoms with Gasteiger partial charge in [0, 0.05) is 7.05 Å². The molecule has 1 amide bonds. The van der Waals surface area contributed by atoms with Crippen molar-refractivity contribution in [1.29, 1.82) is 0 Å². The molecule has 15 heavy (non-hydrogen) atoms. The molecule has 0 aliphatic heterocycles. The van der Waals surface area contributed by atoms with Crippen LogP contribution in [0.1, 0.15) is 17.5 Å². The van der Waals surface area contributed by atoms with Crippen molar-refractivity contribution >= 4 is 39.0 Å². The normalized spacial score (nSPS) is 12.2. The molecule has 1 unspecified atom stereocenters. The zero-order valence-electron chi connectivity index (χ0n) is 8.36. The van der Waals surface area contributed by atoms with Crippen molar-refractivity contribution in [2.24, 2.45) is 5.73 Å². The molecule has 0 aromatic carbocycles. The molecule has 0 aliphatic carbocycles. The van der Waals surface area contributed by atoms with Gasteiger partial charge in [0.25, 0.3) is 5.91 Å². The van der Waals surface area contributed by atoms with E-state index in [2.05, 4.69) is 15.9 Å². The minimum atomic E-state index is -0.295. The van der Waals surface area contributed by atoms with Crippen molar-refractivity contribution in [1.82, 2.24) is 4.90 Å². The Labute approximate surface area is 102 Å². The molecule has 2 N–H and O–H groups in total.